The number of carbonyl (C=O) groups excluding carboxylic acids is 2. The van der Waals surface area contributed by atoms with Crippen molar-refractivity contribution in [3.8, 4) is 0 Å². The molecule has 0 saturated heterocycles. The summed E-state index contributed by atoms with van der Waals surface area (Å²) in [7, 11) is 0. The second-order valence-electron chi connectivity index (χ2n) is 8.04. The van der Waals surface area contributed by atoms with Crippen LogP contribution in [0.1, 0.15) is 37.6 Å². The van der Waals surface area contributed by atoms with Crippen molar-refractivity contribution in [3.05, 3.63) is 77.6 Å². The number of carbonyl (C=O) groups is 2. The number of aromatic nitrogens is 1. The number of amides is 1. The number of nitrogens with zero attached hydrogens (tertiary/aromatic N) is 2. The van der Waals surface area contributed by atoms with Gasteiger partial charge in [-0.3, -0.25) is 10.0 Å². The Morgan fingerprint density at radius 2 is 1.70 bits per heavy atom. The number of hydrogen-bond acceptors (Lipinski definition) is 4. The summed E-state index contributed by atoms with van der Waals surface area (Å²) in [5, 5.41) is 11.5. The molecule has 0 aliphatic heterocycles. The molecule has 156 valence electrons. The molecule has 1 amide bonds. The van der Waals surface area contributed by atoms with E-state index in [9.17, 15) is 14.8 Å². The van der Waals surface area contributed by atoms with E-state index in [1.54, 1.807) is 33.8 Å². The average molecular weight is 406 g/mol. The van der Waals surface area contributed by atoms with Crippen molar-refractivity contribution in [1.82, 2.24) is 9.63 Å². The van der Waals surface area contributed by atoms with Gasteiger partial charge in [0.2, 0.25) is 0 Å². The van der Waals surface area contributed by atoms with Crippen LogP contribution in [0.25, 0.3) is 17.0 Å². The highest BCUT2D eigenvalue weighted by molar-refractivity contribution is 5.96. The Kier molecular flexibility index (Phi) is 6.08. The topological polar surface area (TPSA) is 71.8 Å². The molecule has 30 heavy (non-hydrogen) atoms. The van der Waals surface area contributed by atoms with Crippen molar-refractivity contribution in [2.75, 3.05) is 0 Å². The maximum atomic E-state index is 12.8. The normalized spacial score (nSPS) is 11.8. The monoisotopic (exact) mass is 406 g/mol. The lowest BCUT2D eigenvalue weighted by Gasteiger charge is -2.20. The van der Waals surface area contributed by atoms with Crippen LogP contribution in [0.3, 0.4) is 0 Å². The summed E-state index contributed by atoms with van der Waals surface area (Å²) in [4.78, 5) is 25.4. The molecule has 1 heterocycles. The van der Waals surface area contributed by atoms with Gasteiger partial charge in [0.1, 0.15) is 5.60 Å². The van der Waals surface area contributed by atoms with Gasteiger partial charge in [0.15, 0.2) is 0 Å². The molecular formula is C24H26N2O4. The highest BCUT2D eigenvalue weighted by Crippen LogP contribution is 2.28. The third-order valence-corrected chi connectivity index (χ3v) is 4.61. The molecule has 0 fully saturated rings. The second-order valence-corrected chi connectivity index (χ2v) is 8.04. The Bertz CT molecular complexity index is 1090. The van der Waals surface area contributed by atoms with Crippen molar-refractivity contribution < 1.29 is 19.5 Å². The summed E-state index contributed by atoms with van der Waals surface area (Å²) < 4.78 is 7.01. The first-order chi connectivity index (χ1) is 14.2. The number of hydroxylamine groups is 2. The van der Waals surface area contributed by atoms with Crippen LogP contribution in [0.2, 0.25) is 0 Å². The van der Waals surface area contributed by atoms with Gasteiger partial charge >= 0.3 is 6.09 Å². The minimum absolute atomic E-state index is 0.0578. The molecule has 1 aromatic heterocycles. The van der Waals surface area contributed by atoms with E-state index in [1.165, 1.54) is 10.8 Å². The number of rotatable bonds is 4. The molecule has 2 aromatic carbocycles. The predicted octanol–water partition coefficient (Wildman–Crippen LogP) is 5.16. The second kappa shape index (κ2) is 8.55. The van der Waals surface area contributed by atoms with E-state index in [0.29, 0.717) is 21.8 Å². The van der Waals surface area contributed by atoms with Crippen LogP contribution in [-0.4, -0.2) is 32.4 Å². The molecule has 0 atom stereocenters. The predicted molar refractivity (Wildman–Crippen MR) is 116 cm³/mol. The van der Waals surface area contributed by atoms with Gasteiger partial charge in [-0.1, -0.05) is 48.5 Å². The maximum absolute atomic E-state index is 12.8. The van der Waals surface area contributed by atoms with Gasteiger partial charge in [0.05, 0.1) is 11.9 Å². The van der Waals surface area contributed by atoms with E-state index in [4.69, 9.17) is 4.74 Å². The summed E-state index contributed by atoms with van der Waals surface area (Å²) in [5.74, 6) is -0.502. The standard InChI is InChI=1S/C24H26N2O4/c1-17-20(16-22(27)25(29)15-14-18-10-6-5-7-11-18)19-12-8-9-13-21(19)26(17)23(28)30-24(2,3)4/h5-15,29H,16H2,1-4H3/b15-14+. The number of para-hydroxylation sites is 1. The Hall–Kier alpha value is -3.38. The summed E-state index contributed by atoms with van der Waals surface area (Å²) >= 11 is 0. The van der Waals surface area contributed by atoms with Crippen LogP contribution in [0.4, 0.5) is 4.79 Å². The molecule has 6 heteroatoms. The van der Waals surface area contributed by atoms with E-state index >= 15 is 0 Å². The van der Waals surface area contributed by atoms with Crippen LogP contribution in [0.5, 0.6) is 0 Å². The van der Waals surface area contributed by atoms with Crippen LogP contribution in [0, 0.1) is 6.92 Å². The van der Waals surface area contributed by atoms with Gasteiger partial charge in [-0.15, -0.1) is 0 Å². The largest absolute Gasteiger partial charge is 0.443 e. The number of benzene rings is 2. The average Bonchev–Trinajstić information content (AvgIpc) is 2.97. The van der Waals surface area contributed by atoms with Crippen molar-refractivity contribution in [2.24, 2.45) is 0 Å². The summed E-state index contributed by atoms with van der Waals surface area (Å²) in [6.07, 6.45) is 2.41. The Morgan fingerprint density at radius 3 is 2.37 bits per heavy atom. The molecule has 0 unspecified atom stereocenters. The van der Waals surface area contributed by atoms with Gasteiger partial charge in [-0.2, -0.15) is 5.06 Å². The molecule has 1 N–H and O–H groups in total. The minimum Gasteiger partial charge on any atom is -0.443 e. The molecule has 3 rings (SSSR count). The Morgan fingerprint density at radius 1 is 1.07 bits per heavy atom. The fourth-order valence-electron chi connectivity index (χ4n) is 3.24. The Balaban J connectivity index is 1.89. The quantitative estimate of drug-likeness (QED) is 0.480. The molecular weight excluding hydrogens is 380 g/mol. The zero-order valence-corrected chi connectivity index (χ0v) is 17.6. The summed E-state index contributed by atoms with van der Waals surface area (Å²) in [6.45, 7) is 7.19. The van der Waals surface area contributed by atoms with E-state index < -0.39 is 17.6 Å². The molecule has 3 aromatic rings. The van der Waals surface area contributed by atoms with Crippen LogP contribution in [-0.2, 0) is 16.0 Å². The van der Waals surface area contributed by atoms with Crippen LogP contribution in [0.15, 0.2) is 60.8 Å². The fourth-order valence-corrected chi connectivity index (χ4v) is 3.24. The third kappa shape index (κ3) is 4.78. The van der Waals surface area contributed by atoms with Gasteiger partial charge < -0.3 is 4.74 Å². The lowest BCUT2D eigenvalue weighted by atomic mass is 10.1. The fraction of sp³-hybridized carbons (Fsp3) is 0.250. The first-order valence-corrected chi connectivity index (χ1v) is 9.74. The zero-order chi connectivity index (χ0) is 21.9. The zero-order valence-electron chi connectivity index (χ0n) is 17.6. The third-order valence-electron chi connectivity index (χ3n) is 4.61. The molecule has 0 aliphatic rings. The molecule has 0 aliphatic carbocycles. The SMILES string of the molecule is Cc1c(CC(=O)N(O)/C=C/c2ccccc2)c2ccccc2n1C(=O)OC(C)(C)C. The van der Waals surface area contributed by atoms with Crippen LogP contribution >= 0.6 is 0 Å². The summed E-state index contributed by atoms with van der Waals surface area (Å²) in [6, 6.07) is 16.7. The smallest absolute Gasteiger partial charge is 0.419 e. The van der Waals surface area contributed by atoms with Crippen molar-refractivity contribution in [3.63, 3.8) is 0 Å². The van der Waals surface area contributed by atoms with E-state index in [0.717, 1.165) is 10.9 Å². The summed E-state index contributed by atoms with van der Waals surface area (Å²) in [5.41, 5.74) is 2.17. The van der Waals surface area contributed by atoms with Crippen molar-refractivity contribution >= 4 is 29.0 Å². The van der Waals surface area contributed by atoms with Gasteiger partial charge in [0.25, 0.3) is 5.91 Å². The van der Waals surface area contributed by atoms with E-state index in [-0.39, 0.29) is 6.42 Å². The minimum atomic E-state index is -0.644. The molecule has 6 nitrogen and oxygen atoms in total. The van der Waals surface area contributed by atoms with Gasteiger partial charge in [-0.05, 0) is 51.0 Å². The number of fused-ring (bicyclic) bond motifs is 1. The maximum Gasteiger partial charge on any atom is 0.419 e. The molecule has 0 bridgehead atoms. The van der Waals surface area contributed by atoms with E-state index in [1.807, 2.05) is 54.6 Å². The van der Waals surface area contributed by atoms with Crippen molar-refractivity contribution in [2.45, 2.75) is 39.7 Å². The number of ether oxygens (including phenoxy) is 1. The lowest BCUT2D eigenvalue weighted by Crippen LogP contribution is -2.28. The first-order valence-electron chi connectivity index (χ1n) is 9.74. The van der Waals surface area contributed by atoms with Crippen LogP contribution < -0.4 is 0 Å². The highest BCUT2D eigenvalue weighted by atomic mass is 16.6. The first kappa shape index (κ1) is 21.3. The Labute approximate surface area is 175 Å². The van der Waals surface area contributed by atoms with Gasteiger partial charge in [0, 0.05) is 17.3 Å². The van der Waals surface area contributed by atoms with Crippen molar-refractivity contribution in [1.29, 1.82) is 0 Å². The molecule has 0 spiro atoms. The van der Waals surface area contributed by atoms with E-state index in [2.05, 4.69) is 0 Å². The number of hydrogen-bond donors (Lipinski definition) is 1. The molecule has 0 radical (unpaired) electrons. The molecule has 0 saturated carbocycles. The van der Waals surface area contributed by atoms with Gasteiger partial charge in [-0.25, -0.2) is 9.36 Å². The lowest BCUT2D eigenvalue weighted by molar-refractivity contribution is -0.153. The highest BCUT2D eigenvalue weighted by Gasteiger charge is 2.25.